The third-order valence-corrected chi connectivity index (χ3v) is 1.51. The van der Waals surface area contributed by atoms with E-state index in [4.69, 9.17) is 0 Å². The molecule has 1 aromatic carbocycles. The lowest BCUT2D eigenvalue weighted by molar-refractivity contribution is -0.384. The number of nitrogens with zero attached hydrogens (tertiary/aromatic N) is 3. The van der Waals surface area contributed by atoms with Crippen molar-refractivity contribution in [2.45, 2.75) is 0 Å². The van der Waals surface area contributed by atoms with Crippen LogP contribution in [-0.4, -0.2) is 18.1 Å². The molecule has 0 heterocycles. The van der Waals surface area contributed by atoms with Crippen LogP contribution in [0.3, 0.4) is 0 Å². The van der Waals surface area contributed by atoms with Gasteiger partial charge in [0, 0.05) is 12.1 Å². The van der Waals surface area contributed by atoms with Crippen molar-refractivity contribution in [3.05, 3.63) is 34.4 Å². The number of nitrogens with one attached hydrogen (secondary N) is 1. The average Bonchev–Trinajstić information content (AvgIpc) is 2.25. The molecule has 0 unspecified atom stereocenters. The van der Waals surface area contributed by atoms with Crippen molar-refractivity contribution in [2.24, 2.45) is 10.3 Å². The molecule has 0 aliphatic heterocycles. The van der Waals surface area contributed by atoms with Gasteiger partial charge >= 0.3 is 0 Å². The zero-order chi connectivity index (χ0) is 11.1. The SMILES string of the molecule is O=[N+]([O-])c1ccc(NN=NCCF)cc1. The highest BCUT2D eigenvalue weighted by Crippen LogP contribution is 2.15. The van der Waals surface area contributed by atoms with Gasteiger partial charge in [-0.15, -0.1) is 0 Å². The number of rotatable bonds is 5. The Morgan fingerprint density at radius 3 is 2.60 bits per heavy atom. The monoisotopic (exact) mass is 212 g/mol. The molecule has 0 atom stereocenters. The highest BCUT2D eigenvalue weighted by molar-refractivity contribution is 5.47. The van der Waals surface area contributed by atoms with Gasteiger partial charge in [0.25, 0.3) is 5.69 Å². The molecule has 0 spiro atoms. The Balaban J connectivity index is 2.53. The van der Waals surface area contributed by atoms with Gasteiger partial charge in [-0.2, -0.15) is 5.11 Å². The van der Waals surface area contributed by atoms with Crippen LogP contribution >= 0.6 is 0 Å². The molecule has 0 fully saturated rings. The fraction of sp³-hybridized carbons (Fsp3) is 0.250. The van der Waals surface area contributed by atoms with Gasteiger partial charge in [0.1, 0.15) is 6.67 Å². The predicted octanol–water partition coefficient (Wildman–Crippen LogP) is 2.34. The summed E-state index contributed by atoms with van der Waals surface area (Å²) < 4.78 is 11.6. The molecular formula is C8H9FN4O2. The van der Waals surface area contributed by atoms with Crippen molar-refractivity contribution in [1.29, 1.82) is 0 Å². The van der Waals surface area contributed by atoms with Gasteiger partial charge in [0.2, 0.25) is 0 Å². The second kappa shape index (κ2) is 5.63. The molecule has 0 aliphatic rings. The Hall–Kier alpha value is -2.05. The summed E-state index contributed by atoms with van der Waals surface area (Å²) in [4.78, 5) is 9.82. The summed E-state index contributed by atoms with van der Waals surface area (Å²) >= 11 is 0. The number of halogens is 1. The third-order valence-electron chi connectivity index (χ3n) is 1.51. The molecule has 1 N–H and O–H groups in total. The number of benzene rings is 1. The fourth-order valence-corrected chi connectivity index (χ4v) is 0.839. The van der Waals surface area contributed by atoms with E-state index in [0.717, 1.165) is 0 Å². The van der Waals surface area contributed by atoms with Crippen LogP contribution in [0.15, 0.2) is 34.6 Å². The van der Waals surface area contributed by atoms with E-state index in [1.54, 1.807) is 0 Å². The first-order chi connectivity index (χ1) is 7.24. The second-order valence-corrected chi connectivity index (χ2v) is 2.57. The number of anilines is 1. The summed E-state index contributed by atoms with van der Waals surface area (Å²) in [5.74, 6) is 0. The molecule has 80 valence electrons. The van der Waals surface area contributed by atoms with Crippen LogP contribution in [-0.2, 0) is 0 Å². The second-order valence-electron chi connectivity index (χ2n) is 2.57. The van der Waals surface area contributed by atoms with Gasteiger partial charge in [0.15, 0.2) is 0 Å². The number of non-ortho nitro benzene ring substituents is 1. The molecular weight excluding hydrogens is 203 g/mol. The molecule has 0 saturated heterocycles. The first kappa shape index (κ1) is 11.0. The molecule has 0 bridgehead atoms. The van der Waals surface area contributed by atoms with Crippen LogP contribution < -0.4 is 5.43 Å². The first-order valence-electron chi connectivity index (χ1n) is 4.17. The van der Waals surface area contributed by atoms with Crippen molar-refractivity contribution in [3.8, 4) is 0 Å². The standard InChI is InChI=1S/C8H9FN4O2/c9-5-6-10-12-11-7-1-3-8(4-2-7)13(14)15/h1-4H,5-6H2,(H,10,11). The molecule has 1 rings (SSSR count). The normalized spacial score (nSPS) is 10.5. The summed E-state index contributed by atoms with van der Waals surface area (Å²) in [7, 11) is 0. The van der Waals surface area contributed by atoms with Gasteiger partial charge in [-0.1, -0.05) is 5.22 Å². The molecule has 0 radical (unpaired) electrons. The number of hydrogen-bond donors (Lipinski definition) is 1. The number of nitro benzene ring substituents is 1. The molecule has 7 heteroatoms. The summed E-state index contributed by atoms with van der Waals surface area (Å²) in [5, 5.41) is 17.2. The van der Waals surface area contributed by atoms with E-state index >= 15 is 0 Å². The minimum atomic E-state index is -0.564. The Kier molecular flexibility index (Phi) is 4.14. The summed E-state index contributed by atoms with van der Waals surface area (Å²) in [6.45, 7) is -0.564. The minimum Gasteiger partial charge on any atom is -0.260 e. The maximum Gasteiger partial charge on any atom is 0.269 e. The Morgan fingerprint density at radius 2 is 2.07 bits per heavy atom. The van der Waals surface area contributed by atoms with Gasteiger partial charge in [-0.25, -0.2) is 4.39 Å². The van der Waals surface area contributed by atoms with Gasteiger partial charge < -0.3 is 0 Å². The van der Waals surface area contributed by atoms with Crippen LogP contribution in [0, 0.1) is 10.1 Å². The number of alkyl halides is 1. The van der Waals surface area contributed by atoms with Crippen molar-refractivity contribution in [1.82, 2.24) is 0 Å². The largest absolute Gasteiger partial charge is 0.269 e. The highest BCUT2D eigenvalue weighted by atomic mass is 19.1. The summed E-state index contributed by atoms with van der Waals surface area (Å²) in [6, 6.07) is 5.67. The molecule has 0 aliphatic carbocycles. The van der Waals surface area contributed by atoms with E-state index in [2.05, 4.69) is 15.8 Å². The van der Waals surface area contributed by atoms with E-state index in [1.165, 1.54) is 24.3 Å². The minimum absolute atomic E-state index is 0.0000185. The van der Waals surface area contributed by atoms with Crippen LogP contribution in [0.1, 0.15) is 0 Å². The Morgan fingerprint density at radius 1 is 1.40 bits per heavy atom. The highest BCUT2D eigenvalue weighted by Gasteiger charge is 2.02. The lowest BCUT2D eigenvalue weighted by atomic mass is 10.3. The van der Waals surface area contributed by atoms with Gasteiger partial charge in [-0.05, 0) is 12.1 Å². The van der Waals surface area contributed by atoms with E-state index in [1.807, 2.05) is 0 Å². The van der Waals surface area contributed by atoms with Crippen molar-refractivity contribution in [3.63, 3.8) is 0 Å². The van der Waals surface area contributed by atoms with Crippen LogP contribution in [0.2, 0.25) is 0 Å². The lowest BCUT2D eigenvalue weighted by Crippen LogP contribution is -1.90. The van der Waals surface area contributed by atoms with Gasteiger partial charge in [-0.3, -0.25) is 15.5 Å². The van der Waals surface area contributed by atoms with E-state index < -0.39 is 11.6 Å². The van der Waals surface area contributed by atoms with E-state index in [9.17, 15) is 14.5 Å². The average molecular weight is 212 g/mol. The topological polar surface area (TPSA) is 79.9 Å². The molecule has 0 aromatic heterocycles. The molecule has 0 saturated carbocycles. The first-order valence-corrected chi connectivity index (χ1v) is 4.17. The van der Waals surface area contributed by atoms with E-state index in [0.29, 0.717) is 5.69 Å². The maximum absolute atomic E-state index is 11.6. The van der Waals surface area contributed by atoms with E-state index in [-0.39, 0.29) is 12.2 Å². The van der Waals surface area contributed by atoms with Crippen LogP contribution in [0.5, 0.6) is 0 Å². The Bertz CT molecular complexity index is 352. The number of hydrogen-bond acceptors (Lipinski definition) is 4. The van der Waals surface area contributed by atoms with Crippen LogP contribution in [0.25, 0.3) is 0 Å². The maximum atomic E-state index is 11.6. The smallest absolute Gasteiger partial charge is 0.260 e. The zero-order valence-corrected chi connectivity index (χ0v) is 7.76. The summed E-state index contributed by atoms with van der Waals surface area (Å²) in [6.07, 6.45) is 0. The quantitative estimate of drug-likeness (QED) is 0.462. The number of nitro groups is 1. The van der Waals surface area contributed by atoms with Crippen molar-refractivity contribution >= 4 is 11.4 Å². The van der Waals surface area contributed by atoms with Crippen LogP contribution in [0.4, 0.5) is 15.8 Å². The third kappa shape index (κ3) is 3.67. The molecule has 15 heavy (non-hydrogen) atoms. The lowest BCUT2D eigenvalue weighted by Gasteiger charge is -1.97. The predicted molar refractivity (Wildman–Crippen MR) is 52.4 cm³/mol. The molecule has 0 amide bonds. The van der Waals surface area contributed by atoms with Crippen molar-refractivity contribution in [2.75, 3.05) is 18.6 Å². The van der Waals surface area contributed by atoms with Crippen molar-refractivity contribution < 1.29 is 9.31 Å². The molecule has 1 aromatic rings. The van der Waals surface area contributed by atoms with Gasteiger partial charge in [0.05, 0.1) is 17.2 Å². The fourth-order valence-electron chi connectivity index (χ4n) is 0.839. The zero-order valence-electron chi connectivity index (χ0n) is 7.76. The molecule has 6 nitrogen and oxygen atoms in total. The summed E-state index contributed by atoms with van der Waals surface area (Å²) in [5.41, 5.74) is 3.07. The Labute approximate surface area is 84.9 Å².